The van der Waals surface area contributed by atoms with Gasteiger partial charge in [0.15, 0.2) is 6.10 Å². The number of hydrogen-bond donors (Lipinski definition) is 1. The van der Waals surface area contributed by atoms with Crippen LogP contribution >= 0.6 is 0 Å². The molecule has 144 valence electrons. The quantitative estimate of drug-likeness (QED) is 0.637. The number of anilines is 1. The fraction of sp³-hybridized carbons (Fsp3) is 0.182. The van der Waals surface area contributed by atoms with Crippen molar-refractivity contribution in [2.75, 3.05) is 11.1 Å². The molecule has 0 aliphatic heterocycles. The summed E-state index contributed by atoms with van der Waals surface area (Å²) in [7, 11) is -1.29. The molecule has 0 aromatic heterocycles. The average Bonchev–Trinajstić information content (AvgIpc) is 2.72. The molecule has 0 aliphatic rings. The van der Waals surface area contributed by atoms with Gasteiger partial charge in [-0.05, 0) is 42.0 Å². The van der Waals surface area contributed by atoms with Crippen molar-refractivity contribution in [2.24, 2.45) is 0 Å². The van der Waals surface area contributed by atoms with E-state index in [2.05, 4.69) is 5.32 Å². The first-order valence-electron chi connectivity index (χ1n) is 8.97. The topological polar surface area (TPSA) is 72.5 Å². The smallest absolute Gasteiger partial charge is 0.340 e. The minimum absolute atomic E-state index is 0.216. The van der Waals surface area contributed by atoms with Crippen LogP contribution in [-0.2, 0) is 20.3 Å². The molecule has 0 aliphatic carbocycles. The third-order valence-corrected chi connectivity index (χ3v) is 5.66. The normalized spacial score (nSPS) is 12.9. The Kier molecular flexibility index (Phi) is 6.21. The summed E-state index contributed by atoms with van der Waals surface area (Å²) >= 11 is 0. The van der Waals surface area contributed by atoms with E-state index in [4.69, 9.17) is 4.74 Å². The maximum absolute atomic E-state index is 12.5. The van der Waals surface area contributed by atoms with Crippen molar-refractivity contribution in [3.63, 3.8) is 0 Å². The number of hydrogen-bond acceptors (Lipinski definition) is 4. The number of benzene rings is 3. The summed E-state index contributed by atoms with van der Waals surface area (Å²) in [6.07, 6.45) is -0.998. The Morgan fingerprint density at radius 1 is 1.00 bits per heavy atom. The van der Waals surface area contributed by atoms with Crippen LogP contribution in [0.3, 0.4) is 0 Å². The first kappa shape index (κ1) is 19.8. The van der Waals surface area contributed by atoms with Crippen molar-refractivity contribution in [1.82, 2.24) is 0 Å². The number of carbonyl (C=O) groups excluding carboxylic acids is 2. The van der Waals surface area contributed by atoms with Crippen LogP contribution in [0, 0.1) is 0 Å². The molecule has 0 heterocycles. The highest BCUT2D eigenvalue weighted by atomic mass is 32.2. The molecule has 0 unspecified atom stereocenters. The van der Waals surface area contributed by atoms with Gasteiger partial charge in [0, 0.05) is 11.4 Å². The number of nitrogens with one attached hydrogen (secondary N) is 1. The molecule has 0 spiro atoms. The van der Waals surface area contributed by atoms with E-state index in [1.54, 1.807) is 37.3 Å². The predicted octanol–water partition coefficient (Wildman–Crippen LogP) is 4.15. The van der Waals surface area contributed by atoms with Gasteiger partial charge in [0.25, 0.3) is 5.91 Å². The molecule has 0 fully saturated rings. The average molecular weight is 395 g/mol. The van der Waals surface area contributed by atoms with E-state index in [9.17, 15) is 13.8 Å². The second-order valence-corrected chi connectivity index (χ2v) is 7.94. The Hall–Kier alpha value is -2.99. The molecule has 0 saturated carbocycles. The molecule has 0 radical (unpaired) electrons. The van der Waals surface area contributed by atoms with E-state index in [1.165, 1.54) is 6.92 Å². The van der Waals surface area contributed by atoms with Crippen molar-refractivity contribution >= 4 is 39.1 Å². The van der Waals surface area contributed by atoms with Gasteiger partial charge in [0.05, 0.1) is 21.3 Å². The second-order valence-electron chi connectivity index (χ2n) is 6.23. The van der Waals surface area contributed by atoms with Gasteiger partial charge in [-0.25, -0.2) is 4.79 Å². The zero-order valence-electron chi connectivity index (χ0n) is 15.7. The van der Waals surface area contributed by atoms with Gasteiger partial charge in [-0.3, -0.25) is 9.00 Å². The third-order valence-electron chi connectivity index (χ3n) is 4.28. The van der Waals surface area contributed by atoms with Gasteiger partial charge in [-0.2, -0.15) is 0 Å². The van der Waals surface area contributed by atoms with Gasteiger partial charge < -0.3 is 10.1 Å². The first-order valence-corrected chi connectivity index (χ1v) is 10.3. The van der Waals surface area contributed by atoms with Crippen molar-refractivity contribution < 1.29 is 18.5 Å². The lowest BCUT2D eigenvalue weighted by molar-refractivity contribution is -0.123. The van der Waals surface area contributed by atoms with Crippen LogP contribution in [0.1, 0.15) is 24.2 Å². The summed E-state index contributed by atoms with van der Waals surface area (Å²) in [5.74, 6) is -0.709. The highest BCUT2D eigenvalue weighted by Gasteiger charge is 2.22. The van der Waals surface area contributed by atoms with Crippen LogP contribution in [0.25, 0.3) is 10.8 Å². The minimum atomic E-state index is -1.29. The number of rotatable bonds is 6. The molecule has 28 heavy (non-hydrogen) atoms. The zero-order valence-corrected chi connectivity index (χ0v) is 16.5. The van der Waals surface area contributed by atoms with E-state index in [-0.39, 0.29) is 5.56 Å². The lowest BCUT2D eigenvalue weighted by atomic mass is 10.1. The standard InChI is InChI=1S/C22H21NO4S/c1-3-28(26)20-11-7-6-10-19(20)22(25)27-15(2)21(24)23-18-13-12-16-8-4-5-9-17(16)14-18/h4-15H,3H2,1-2H3,(H,23,24)/t15-,28+/m1/s1. The van der Waals surface area contributed by atoms with Crippen molar-refractivity contribution in [2.45, 2.75) is 24.8 Å². The zero-order chi connectivity index (χ0) is 20.1. The van der Waals surface area contributed by atoms with Gasteiger partial charge in [-0.15, -0.1) is 0 Å². The molecule has 1 N–H and O–H groups in total. The van der Waals surface area contributed by atoms with Crippen LogP contribution in [-0.4, -0.2) is 27.9 Å². The fourth-order valence-electron chi connectivity index (χ4n) is 2.78. The minimum Gasteiger partial charge on any atom is -0.449 e. The molecule has 1 amide bonds. The van der Waals surface area contributed by atoms with E-state index in [1.807, 2.05) is 36.4 Å². The van der Waals surface area contributed by atoms with E-state index >= 15 is 0 Å². The predicted molar refractivity (Wildman–Crippen MR) is 111 cm³/mol. The Morgan fingerprint density at radius 2 is 1.68 bits per heavy atom. The lowest BCUT2D eigenvalue weighted by Gasteiger charge is -2.15. The highest BCUT2D eigenvalue weighted by molar-refractivity contribution is 7.85. The number of fused-ring (bicyclic) bond motifs is 1. The summed E-state index contributed by atoms with van der Waals surface area (Å²) in [4.78, 5) is 25.3. The SMILES string of the molecule is CC[S@](=O)c1ccccc1C(=O)O[C@H](C)C(=O)Nc1ccc2ccccc2c1. The molecule has 0 saturated heterocycles. The van der Waals surface area contributed by atoms with Gasteiger partial charge in [-0.1, -0.05) is 49.4 Å². The van der Waals surface area contributed by atoms with Crippen LogP contribution in [0.2, 0.25) is 0 Å². The maximum atomic E-state index is 12.5. The summed E-state index contributed by atoms with van der Waals surface area (Å²) in [6.45, 7) is 3.28. The first-order chi connectivity index (χ1) is 13.5. The number of esters is 1. The number of amides is 1. The Labute approximate surface area is 166 Å². The molecule has 3 rings (SSSR count). The molecule has 2 atom stereocenters. The lowest BCUT2D eigenvalue weighted by Crippen LogP contribution is -2.30. The van der Waals surface area contributed by atoms with Crippen molar-refractivity contribution in [1.29, 1.82) is 0 Å². The third kappa shape index (κ3) is 4.46. The van der Waals surface area contributed by atoms with Gasteiger partial charge in [0.2, 0.25) is 0 Å². The largest absolute Gasteiger partial charge is 0.449 e. The molecular weight excluding hydrogens is 374 g/mol. The number of carbonyl (C=O) groups is 2. The highest BCUT2D eigenvalue weighted by Crippen LogP contribution is 2.20. The molecule has 0 bridgehead atoms. The summed E-state index contributed by atoms with van der Waals surface area (Å²) in [5, 5.41) is 4.83. The molecular formula is C22H21NO4S. The van der Waals surface area contributed by atoms with Crippen LogP contribution in [0.15, 0.2) is 71.6 Å². The second kappa shape index (κ2) is 8.80. The Morgan fingerprint density at radius 3 is 2.43 bits per heavy atom. The summed E-state index contributed by atoms with van der Waals surface area (Å²) in [6, 6.07) is 20.0. The monoisotopic (exact) mass is 395 g/mol. The summed E-state index contributed by atoms with van der Waals surface area (Å²) < 4.78 is 17.4. The Balaban J connectivity index is 1.70. The molecule has 6 heteroatoms. The molecule has 3 aromatic rings. The van der Waals surface area contributed by atoms with Crippen LogP contribution in [0.4, 0.5) is 5.69 Å². The molecule has 5 nitrogen and oxygen atoms in total. The van der Waals surface area contributed by atoms with Crippen LogP contribution < -0.4 is 5.32 Å². The fourth-order valence-corrected chi connectivity index (χ4v) is 3.72. The van der Waals surface area contributed by atoms with Crippen LogP contribution in [0.5, 0.6) is 0 Å². The van der Waals surface area contributed by atoms with Crippen molar-refractivity contribution in [3.05, 3.63) is 72.3 Å². The number of ether oxygens (including phenoxy) is 1. The maximum Gasteiger partial charge on any atom is 0.340 e. The van der Waals surface area contributed by atoms with Gasteiger partial charge >= 0.3 is 5.97 Å². The summed E-state index contributed by atoms with van der Waals surface area (Å²) in [5.41, 5.74) is 0.840. The van der Waals surface area contributed by atoms with Crippen molar-refractivity contribution in [3.8, 4) is 0 Å². The Bertz CT molecular complexity index is 1050. The van der Waals surface area contributed by atoms with Gasteiger partial charge in [0.1, 0.15) is 0 Å². The molecule has 3 aromatic carbocycles. The van der Waals surface area contributed by atoms with E-state index in [0.717, 1.165) is 10.8 Å². The van der Waals surface area contributed by atoms with E-state index < -0.39 is 28.8 Å². The van der Waals surface area contributed by atoms with E-state index in [0.29, 0.717) is 16.3 Å².